The second kappa shape index (κ2) is 6.67. The fourth-order valence-corrected chi connectivity index (χ4v) is 3.06. The minimum Gasteiger partial charge on any atom is -0.481 e. The van der Waals surface area contributed by atoms with Crippen LogP contribution in [0.2, 0.25) is 10.0 Å². The zero-order chi connectivity index (χ0) is 15.6. The quantitative estimate of drug-likeness (QED) is 0.923. The minimum atomic E-state index is -0.835. The zero-order valence-electron chi connectivity index (χ0n) is 11.7. The summed E-state index contributed by atoms with van der Waals surface area (Å²) in [5.74, 6) is -1.54. The molecule has 1 aliphatic heterocycles. The third-order valence-electron chi connectivity index (χ3n) is 3.81. The van der Waals surface area contributed by atoms with Gasteiger partial charge in [0.2, 0.25) is 5.91 Å². The minimum absolute atomic E-state index is 0.0234. The Morgan fingerprint density at radius 1 is 1.43 bits per heavy atom. The van der Waals surface area contributed by atoms with Gasteiger partial charge in [-0.3, -0.25) is 9.59 Å². The van der Waals surface area contributed by atoms with E-state index in [2.05, 4.69) is 0 Å². The van der Waals surface area contributed by atoms with Crippen molar-refractivity contribution in [3.05, 3.63) is 33.8 Å². The number of carbonyl (C=O) groups is 2. The summed E-state index contributed by atoms with van der Waals surface area (Å²) < 4.78 is 0. The molecule has 1 aromatic carbocycles. The highest BCUT2D eigenvalue weighted by atomic mass is 35.5. The van der Waals surface area contributed by atoms with E-state index in [0.29, 0.717) is 36.0 Å². The van der Waals surface area contributed by atoms with Gasteiger partial charge in [0.1, 0.15) is 0 Å². The SMILES string of the molecule is C[C@@H](Cc1ccc(Cl)cc1Cl)C(=O)N1CC[C@H](C(=O)O)C1. The molecular weight excluding hydrogens is 313 g/mol. The molecule has 0 aliphatic carbocycles. The first-order valence-corrected chi connectivity index (χ1v) is 7.59. The van der Waals surface area contributed by atoms with Crippen molar-refractivity contribution in [2.75, 3.05) is 13.1 Å². The largest absolute Gasteiger partial charge is 0.481 e. The van der Waals surface area contributed by atoms with E-state index in [4.69, 9.17) is 28.3 Å². The predicted octanol–water partition coefficient (Wildman–Crippen LogP) is 3.11. The van der Waals surface area contributed by atoms with Crippen LogP contribution in [0.4, 0.5) is 0 Å². The lowest BCUT2D eigenvalue weighted by Crippen LogP contribution is -2.34. The number of rotatable bonds is 4. The van der Waals surface area contributed by atoms with Crippen molar-refractivity contribution < 1.29 is 14.7 Å². The highest BCUT2D eigenvalue weighted by Gasteiger charge is 2.32. The van der Waals surface area contributed by atoms with Crippen LogP contribution in [0.15, 0.2) is 18.2 Å². The van der Waals surface area contributed by atoms with Crippen molar-refractivity contribution in [2.45, 2.75) is 19.8 Å². The van der Waals surface area contributed by atoms with Crippen LogP contribution in [-0.4, -0.2) is 35.0 Å². The molecule has 2 atom stereocenters. The number of hydrogen-bond donors (Lipinski definition) is 1. The van der Waals surface area contributed by atoms with Gasteiger partial charge in [-0.25, -0.2) is 0 Å². The molecule has 1 heterocycles. The molecule has 114 valence electrons. The Morgan fingerprint density at radius 2 is 2.14 bits per heavy atom. The summed E-state index contributed by atoms with van der Waals surface area (Å²) in [6.45, 7) is 2.64. The van der Waals surface area contributed by atoms with Crippen LogP contribution in [-0.2, 0) is 16.0 Å². The predicted molar refractivity (Wildman–Crippen MR) is 81.7 cm³/mol. The third kappa shape index (κ3) is 3.89. The Bertz CT molecular complexity index is 562. The Kier molecular flexibility index (Phi) is 5.12. The van der Waals surface area contributed by atoms with Gasteiger partial charge in [0.25, 0.3) is 0 Å². The first-order chi connectivity index (χ1) is 9.88. The normalized spacial score (nSPS) is 19.6. The summed E-state index contributed by atoms with van der Waals surface area (Å²) in [5, 5.41) is 10.1. The van der Waals surface area contributed by atoms with Crippen LogP contribution in [0.5, 0.6) is 0 Å². The molecule has 6 heteroatoms. The topological polar surface area (TPSA) is 57.6 Å². The van der Waals surface area contributed by atoms with Crippen LogP contribution >= 0.6 is 23.2 Å². The molecular formula is C15H17Cl2NO3. The lowest BCUT2D eigenvalue weighted by atomic mass is 10.00. The second-order valence-corrected chi connectivity index (χ2v) is 6.29. The van der Waals surface area contributed by atoms with Crippen LogP contribution in [0.3, 0.4) is 0 Å². The van der Waals surface area contributed by atoms with Crippen molar-refractivity contribution in [3.63, 3.8) is 0 Å². The Labute approximate surface area is 133 Å². The maximum Gasteiger partial charge on any atom is 0.308 e. The van der Waals surface area contributed by atoms with Gasteiger partial charge in [0.05, 0.1) is 5.92 Å². The maximum atomic E-state index is 12.4. The molecule has 0 spiro atoms. The van der Waals surface area contributed by atoms with Gasteiger partial charge in [-0.05, 0) is 30.5 Å². The average Bonchev–Trinajstić information content (AvgIpc) is 2.90. The van der Waals surface area contributed by atoms with Crippen molar-refractivity contribution in [3.8, 4) is 0 Å². The molecule has 2 rings (SSSR count). The van der Waals surface area contributed by atoms with Crippen molar-refractivity contribution in [2.24, 2.45) is 11.8 Å². The van der Waals surface area contributed by atoms with Crippen LogP contribution < -0.4 is 0 Å². The number of carbonyl (C=O) groups excluding carboxylic acids is 1. The molecule has 1 aromatic rings. The van der Waals surface area contributed by atoms with Crippen LogP contribution in [0.25, 0.3) is 0 Å². The summed E-state index contributed by atoms with van der Waals surface area (Å²) in [5.41, 5.74) is 0.871. The van der Waals surface area contributed by atoms with Gasteiger partial charge in [0.15, 0.2) is 0 Å². The molecule has 21 heavy (non-hydrogen) atoms. The molecule has 1 saturated heterocycles. The summed E-state index contributed by atoms with van der Waals surface area (Å²) in [6.07, 6.45) is 1.04. The number of carboxylic acids is 1. The van der Waals surface area contributed by atoms with Crippen LogP contribution in [0.1, 0.15) is 18.9 Å². The van der Waals surface area contributed by atoms with E-state index in [9.17, 15) is 9.59 Å². The number of carboxylic acid groups (broad SMARTS) is 1. The smallest absolute Gasteiger partial charge is 0.308 e. The second-order valence-electron chi connectivity index (χ2n) is 5.45. The Balaban J connectivity index is 1.98. The molecule has 0 unspecified atom stereocenters. The molecule has 1 fully saturated rings. The number of amides is 1. The molecule has 0 aromatic heterocycles. The highest BCUT2D eigenvalue weighted by Crippen LogP contribution is 2.25. The fourth-order valence-electron chi connectivity index (χ4n) is 2.58. The van der Waals surface area contributed by atoms with Crippen LogP contribution in [0, 0.1) is 11.8 Å². The van der Waals surface area contributed by atoms with E-state index in [1.54, 1.807) is 17.0 Å². The first kappa shape index (κ1) is 16.1. The van der Waals surface area contributed by atoms with E-state index < -0.39 is 11.9 Å². The van der Waals surface area contributed by atoms with E-state index in [1.165, 1.54) is 0 Å². The summed E-state index contributed by atoms with van der Waals surface area (Å²) in [4.78, 5) is 24.9. The van der Waals surface area contributed by atoms with E-state index in [0.717, 1.165) is 5.56 Å². The molecule has 1 amide bonds. The highest BCUT2D eigenvalue weighted by molar-refractivity contribution is 6.35. The van der Waals surface area contributed by atoms with E-state index in [1.807, 2.05) is 13.0 Å². The number of hydrogen-bond acceptors (Lipinski definition) is 2. The van der Waals surface area contributed by atoms with Crippen molar-refractivity contribution in [1.82, 2.24) is 4.90 Å². The molecule has 0 radical (unpaired) electrons. The molecule has 1 N–H and O–H groups in total. The van der Waals surface area contributed by atoms with Crippen molar-refractivity contribution in [1.29, 1.82) is 0 Å². The number of aliphatic carboxylic acids is 1. The van der Waals surface area contributed by atoms with Gasteiger partial charge in [-0.2, -0.15) is 0 Å². The number of benzene rings is 1. The Morgan fingerprint density at radius 3 is 2.71 bits per heavy atom. The lowest BCUT2D eigenvalue weighted by molar-refractivity contribution is -0.141. The molecule has 4 nitrogen and oxygen atoms in total. The zero-order valence-corrected chi connectivity index (χ0v) is 13.2. The summed E-state index contributed by atoms with van der Waals surface area (Å²) in [7, 11) is 0. The van der Waals surface area contributed by atoms with E-state index in [-0.39, 0.29) is 11.8 Å². The first-order valence-electron chi connectivity index (χ1n) is 6.84. The standard InChI is InChI=1S/C15H17Cl2NO3/c1-9(6-10-2-3-12(16)7-13(10)17)14(19)18-5-4-11(8-18)15(20)21/h2-3,7,9,11H,4-6,8H2,1H3,(H,20,21)/t9-,11-/m0/s1. The number of nitrogens with zero attached hydrogens (tertiary/aromatic N) is 1. The van der Waals surface area contributed by atoms with Gasteiger partial charge in [0, 0.05) is 29.1 Å². The number of halogens is 2. The number of likely N-dealkylation sites (tertiary alicyclic amines) is 1. The van der Waals surface area contributed by atoms with Crippen molar-refractivity contribution >= 4 is 35.1 Å². The fraction of sp³-hybridized carbons (Fsp3) is 0.467. The van der Waals surface area contributed by atoms with Gasteiger partial charge >= 0.3 is 5.97 Å². The molecule has 0 saturated carbocycles. The van der Waals surface area contributed by atoms with Gasteiger partial charge in [-0.1, -0.05) is 36.2 Å². The Hall–Kier alpha value is -1.26. The van der Waals surface area contributed by atoms with E-state index >= 15 is 0 Å². The monoisotopic (exact) mass is 329 g/mol. The summed E-state index contributed by atoms with van der Waals surface area (Å²) in [6, 6.07) is 5.22. The average molecular weight is 330 g/mol. The lowest BCUT2D eigenvalue weighted by Gasteiger charge is -2.21. The third-order valence-corrected chi connectivity index (χ3v) is 4.40. The molecule has 1 aliphatic rings. The summed E-state index contributed by atoms with van der Waals surface area (Å²) >= 11 is 12.0. The van der Waals surface area contributed by atoms with Gasteiger partial charge < -0.3 is 10.0 Å². The molecule has 0 bridgehead atoms. The van der Waals surface area contributed by atoms with Gasteiger partial charge in [-0.15, -0.1) is 0 Å². The maximum absolute atomic E-state index is 12.4.